The zero-order valence-electron chi connectivity index (χ0n) is 16.5. The Balaban J connectivity index is 1.46. The van der Waals surface area contributed by atoms with E-state index in [9.17, 15) is 17.6 Å². The summed E-state index contributed by atoms with van der Waals surface area (Å²) in [5.74, 6) is -0.513. The third kappa shape index (κ3) is 4.01. The molecular weight excluding hydrogens is 409 g/mol. The summed E-state index contributed by atoms with van der Waals surface area (Å²) in [6.07, 6.45) is 5.16. The van der Waals surface area contributed by atoms with Crippen molar-refractivity contribution in [2.75, 3.05) is 26.2 Å². The summed E-state index contributed by atoms with van der Waals surface area (Å²) in [7, 11) is -1.98. The Morgan fingerprint density at radius 3 is 2.57 bits per heavy atom. The molecular formula is C20H22FN5O3S. The second-order valence-corrected chi connectivity index (χ2v) is 9.12. The number of nitrogens with zero attached hydrogens (tertiary/aromatic N) is 4. The quantitative estimate of drug-likeness (QED) is 0.685. The number of benzene rings is 1. The average Bonchev–Trinajstić information content (AvgIpc) is 3.31. The number of carbonyl (C=O) groups is 1. The molecule has 0 radical (unpaired) electrons. The largest absolute Gasteiger partial charge is 0.357 e. The van der Waals surface area contributed by atoms with Crippen molar-refractivity contribution >= 4 is 15.9 Å². The molecule has 0 unspecified atom stereocenters. The van der Waals surface area contributed by atoms with Gasteiger partial charge in [-0.05, 0) is 35.7 Å². The van der Waals surface area contributed by atoms with Gasteiger partial charge in [-0.3, -0.25) is 4.79 Å². The smallest absolute Gasteiger partial charge is 0.270 e. The van der Waals surface area contributed by atoms with Gasteiger partial charge < -0.3 is 14.5 Å². The highest BCUT2D eigenvalue weighted by Gasteiger charge is 2.30. The van der Waals surface area contributed by atoms with Crippen LogP contribution in [0.2, 0.25) is 0 Å². The Morgan fingerprint density at radius 2 is 1.87 bits per heavy atom. The topological polar surface area (TPSA) is 91.3 Å². The minimum atomic E-state index is -3.69. The van der Waals surface area contributed by atoms with Crippen molar-refractivity contribution in [1.29, 1.82) is 0 Å². The number of hydrogen-bond donors (Lipinski definition) is 1. The Hall–Kier alpha value is -2.98. The number of hydrogen-bond acceptors (Lipinski definition) is 4. The fourth-order valence-corrected chi connectivity index (χ4v) is 4.92. The summed E-state index contributed by atoms with van der Waals surface area (Å²) in [5, 5.41) is 0.0121. The molecule has 0 spiro atoms. The number of halogens is 1. The van der Waals surface area contributed by atoms with Crippen LogP contribution in [-0.2, 0) is 17.1 Å². The highest BCUT2D eigenvalue weighted by Crippen LogP contribution is 2.22. The first kappa shape index (κ1) is 20.3. The molecule has 1 aliphatic heterocycles. The third-order valence-electron chi connectivity index (χ3n) is 5.12. The van der Waals surface area contributed by atoms with E-state index in [4.69, 9.17) is 0 Å². The first-order valence-electron chi connectivity index (χ1n) is 9.56. The van der Waals surface area contributed by atoms with E-state index in [1.54, 1.807) is 40.9 Å². The van der Waals surface area contributed by atoms with Crippen molar-refractivity contribution in [2.24, 2.45) is 7.05 Å². The standard InChI is InChI=1S/C20H22FN5O3S/c1-24-13-19(23-14-24)30(28,29)26-8-2-7-25(9-10-26)20(27)18-11-16(12-22-18)15-3-5-17(21)6-4-15/h3-6,11-14,22H,2,7-10H2,1H3. The van der Waals surface area contributed by atoms with Gasteiger partial charge >= 0.3 is 0 Å². The van der Waals surface area contributed by atoms with Crippen LogP contribution >= 0.6 is 0 Å². The molecule has 4 rings (SSSR count). The molecule has 30 heavy (non-hydrogen) atoms. The van der Waals surface area contributed by atoms with E-state index in [0.717, 1.165) is 11.1 Å². The number of amides is 1. The van der Waals surface area contributed by atoms with E-state index in [0.29, 0.717) is 25.2 Å². The number of aryl methyl sites for hydroxylation is 1. The SMILES string of the molecule is Cn1cnc(S(=O)(=O)N2CCCN(C(=O)c3cc(-c4ccc(F)cc4)c[nH]3)CC2)c1. The van der Waals surface area contributed by atoms with Crippen LogP contribution < -0.4 is 0 Å². The van der Waals surface area contributed by atoms with E-state index in [2.05, 4.69) is 9.97 Å². The zero-order chi connectivity index (χ0) is 21.3. The second kappa shape index (κ2) is 8.04. The van der Waals surface area contributed by atoms with Gasteiger partial charge in [-0.2, -0.15) is 4.31 Å². The van der Waals surface area contributed by atoms with Crippen molar-refractivity contribution in [2.45, 2.75) is 11.4 Å². The summed E-state index contributed by atoms with van der Waals surface area (Å²) in [6.45, 7) is 1.28. The highest BCUT2D eigenvalue weighted by atomic mass is 32.2. The van der Waals surface area contributed by atoms with Crippen LogP contribution in [0.3, 0.4) is 0 Å². The van der Waals surface area contributed by atoms with Crippen LogP contribution in [0, 0.1) is 5.82 Å². The van der Waals surface area contributed by atoms with Gasteiger partial charge in [0.05, 0.1) is 6.33 Å². The van der Waals surface area contributed by atoms with Crippen LogP contribution in [0.25, 0.3) is 11.1 Å². The van der Waals surface area contributed by atoms with E-state index >= 15 is 0 Å². The van der Waals surface area contributed by atoms with Crippen LogP contribution in [0.4, 0.5) is 4.39 Å². The fourth-order valence-electron chi connectivity index (χ4n) is 3.49. The highest BCUT2D eigenvalue weighted by molar-refractivity contribution is 7.89. The molecule has 1 saturated heterocycles. The van der Waals surface area contributed by atoms with Crippen molar-refractivity contribution in [1.82, 2.24) is 23.7 Å². The van der Waals surface area contributed by atoms with Gasteiger partial charge in [-0.15, -0.1) is 0 Å². The van der Waals surface area contributed by atoms with E-state index < -0.39 is 10.0 Å². The molecule has 3 heterocycles. The summed E-state index contributed by atoms with van der Waals surface area (Å²) < 4.78 is 41.7. The van der Waals surface area contributed by atoms with Crippen molar-refractivity contribution in [3.05, 3.63) is 60.6 Å². The van der Waals surface area contributed by atoms with Crippen LogP contribution in [0.15, 0.2) is 54.1 Å². The van der Waals surface area contributed by atoms with Gasteiger partial charge in [-0.1, -0.05) is 12.1 Å². The predicted molar refractivity (Wildman–Crippen MR) is 109 cm³/mol. The lowest BCUT2D eigenvalue weighted by molar-refractivity contribution is 0.0759. The summed E-state index contributed by atoms with van der Waals surface area (Å²) in [6, 6.07) is 7.77. The van der Waals surface area contributed by atoms with Gasteiger partial charge in [-0.25, -0.2) is 17.8 Å². The minimum absolute atomic E-state index is 0.0121. The number of nitrogens with one attached hydrogen (secondary N) is 1. The maximum atomic E-state index is 13.1. The molecule has 158 valence electrons. The van der Waals surface area contributed by atoms with Gasteiger partial charge in [0.25, 0.3) is 15.9 Å². The zero-order valence-corrected chi connectivity index (χ0v) is 17.3. The number of H-pyrrole nitrogens is 1. The molecule has 3 aromatic rings. The lowest BCUT2D eigenvalue weighted by Crippen LogP contribution is -2.37. The molecule has 1 aromatic carbocycles. The normalized spacial score (nSPS) is 15.9. The van der Waals surface area contributed by atoms with E-state index in [1.165, 1.54) is 29.0 Å². The number of aromatic amines is 1. The molecule has 0 bridgehead atoms. The van der Waals surface area contributed by atoms with Crippen molar-refractivity contribution in [3.63, 3.8) is 0 Å². The maximum absolute atomic E-state index is 13.1. The number of imidazole rings is 1. The molecule has 0 atom stereocenters. The second-order valence-electron chi connectivity index (χ2n) is 7.24. The lowest BCUT2D eigenvalue weighted by atomic mass is 10.1. The predicted octanol–water partition coefficient (Wildman–Crippen LogP) is 2.09. The summed E-state index contributed by atoms with van der Waals surface area (Å²) in [4.78, 5) is 21.5. The molecule has 8 nitrogen and oxygen atoms in total. The van der Waals surface area contributed by atoms with Gasteiger partial charge in [0.15, 0.2) is 5.03 Å². The van der Waals surface area contributed by atoms with Gasteiger partial charge in [0, 0.05) is 45.6 Å². The molecule has 2 aromatic heterocycles. The molecule has 1 amide bonds. The summed E-state index contributed by atoms with van der Waals surface area (Å²) >= 11 is 0. The van der Waals surface area contributed by atoms with E-state index in [-0.39, 0.29) is 29.8 Å². The number of sulfonamides is 1. The van der Waals surface area contributed by atoms with Crippen molar-refractivity contribution in [3.8, 4) is 11.1 Å². The Bertz CT molecular complexity index is 1150. The van der Waals surface area contributed by atoms with Crippen LogP contribution in [0.5, 0.6) is 0 Å². The van der Waals surface area contributed by atoms with Crippen LogP contribution in [-0.4, -0.2) is 64.2 Å². The molecule has 0 aliphatic carbocycles. The average molecular weight is 431 g/mol. The molecule has 1 N–H and O–H groups in total. The monoisotopic (exact) mass is 431 g/mol. The molecule has 1 aliphatic rings. The lowest BCUT2D eigenvalue weighted by Gasteiger charge is -2.21. The fraction of sp³-hybridized carbons (Fsp3) is 0.300. The summed E-state index contributed by atoms with van der Waals surface area (Å²) in [5.41, 5.74) is 2.00. The van der Waals surface area contributed by atoms with Gasteiger partial charge in [0.1, 0.15) is 11.5 Å². The molecule has 10 heteroatoms. The Labute approximate surface area is 174 Å². The number of carbonyl (C=O) groups excluding carboxylic acids is 1. The Kier molecular flexibility index (Phi) is 5.44. The molecule has 1 fully saturated rings. The number of aromatic nitrogens is 3. The first-order valence-corrected chi connectivity index (χ1v) is 11.0. The van der Waals surface area contributed by atoms with Gasteiger partial charge in [0.2, 0.25) is 0 Å². The Morgan fingerprint density at radius 1 is 1.10 bits per heavy atom. The number of rotatable bonds is 4. The minimum Gasteiger partial charge on any atom is -0.357 e. The maximum Gasteiger partial charge on any atom is 0.270 e. The first-order chi connectivity index (χ1) is 14.3. The van der Waals surface area contributed by atoms with Crippen LogP contribution in [0.1, 0.15) is 16.9 Å². The third-order valence-corrected chi connectivity index (χ3v) is 6.90. The molecule has 0 saturated carbocycles. The van der Waals surface area contributed by atoms with Crippen molar-refractivity contribution < 1.29 is 17.6 Å². The van der Waals surface area contributed by atoms with E-state index in [1.807, 2.05) is 0 Å².